The minimum Gasteiger partial charge on any atom is -0.307 e. The van der Waals surface area contributed by atoms with Crippen molar-refractivity contribution >= 4 is 47.7 Å². The molecule has 8 rings (SSSR count). The zero-order valence-corrected chi connectivity index (χ0v) is 27.2. The van der Waals surface area contributed by atoms with Crippen LogP contribution in [0.5, 0.6) is 0 Å². The van der Waals surface area contributed by atoms with Gasteiger partial charge in [-0.25, -0.2) is 22.4 Å². The number of nitrogens with zero attached hydrogens (tertiary/aromatic N) is 6. The molecular formula is C33H30F3N7OS2. The summed E-state index contributed by atoms with van der Waals surface area (Å²) in [5, 5.41) is 15.4. The van der Waals surface area contributed by atoms with Gasteiger partial charge in [0.1, 0.15) is 28.8 Å². The quantitative estimate of drug-likeness (QED) is 0.208. The standard InChI is InChI=1S/C33H30F3N7OS2/c1-16-14-37-18(3)26-13-25(40-43(16)26)32-30(28-22(35)11-20(34)12-24(28)41-46(44)8-5-9-46)29-23(36)15-45-33(29)31(38-32)19-6-7-21-17(2)39-42(4)27(21)10-19/h6-7,10-13,15-16,18,37H,5,8-9,14H2,1-4H3/t16-,18+/m0/s1. The number of pyridine rings is 1. The molecule has 6 aromatic rings. The van der Waals surface area contributed by atoms with Crippen LogP contribution in [0.2, 0.25) is 0 Å². The monoisotopic (exact) mass is 661 g/mol. The molecule has 1 fully saturated rings. The number of aryl methyl sites for hydroxylation is 2. The molecule has 1 saturated heterocycles. The molecule has 2 aliphatic heterocycles. The van der Waals surface area contributed by atoms with E-state index in [0.717, 1.165) is 51.3 Å². The first-order chi connectivity index (χ1) is 22.0. The molecule has 1 N–H and O–H groups in total. The van der Waals surface area contributed by atoms with Crippen LogP contribution in [0.15, 0.2) is 46.1 Å². The van der Waals surface area contributed by atoms with Gasteiger partial charge in [-0.2, -0.15) is 14.6 Å². The van der Waals surface area contributed by atoms with Crippen molar-refractivity contribution in [2.75, 3.05) is 18.1 Å². The molecule has 0 saturated carbocycles. The van der Waals surface area contributed by atoms with Crippen molar-refractivity contribution in [3.05, 3.63) is 70.6 Å². The molecule has 0 aliphatic carbocycles. The first kappa shape index (κ1) is 29.3. The van der Waals surface area contributed by atoms with E-state index < -0.39 is 27.2 Å². The van der Waals surface area contributed by atoms with E-state index in [1.165, 1.54) is 5.38 Å². The molecule has 0 amide bonds. The number of hydrogen-bond donors (Lipinski definition) is 1. The Morgan fingerprint density at radius 2 is 1.83 bits per heavy atom. The molecule has 46 heavy (non-hydrogen) atoms. The van der Waals surface area contributed by atoms with E-state index in [1.54, 1.807) is 4.68 Å². The summed E-state index contributed by atoms with van der Waals surface area (Å²) in [6.45, 7) is 6.71. The number of rotatable bonds is 4. The van der Waals surface area contributed by atoms with Gasteiger partial charge in [-0.05, 0) is 39.3 Å². The summed E-state index contributed by atoms with van der Waals surface area (Å²) < 4.78 is 69.0. The number of benzene rings is 2. The third-order valence-electron chi connectivity index (χ3n) is 9.04. The summed E-state index contributed by atoms with van der Waals surface area (Å²) in [6.07, 6.45) is 0.714. The van der Waals surface area contributed by atoms with E-state index in [-0.39, 0.29) is 40.0 Å². The fourth-order valence-corrected chi connectivity index (χ4v) is 8.97. The maximum atomic E-state index is 16.2. The van der Waals surface area contributed by atoms with Crippen molar-refractivity contribution in [1.82, 2.24) is 29.9 Å². The Labute approximate surface area is 267 Å². The summed E-state index contributed by atoms with van der Waals surface area (Å²) in [7, 11) is -0.817. The second-order valence-corrected chi connectivity index (χ2v) is 15.6. The number of hydrogen-bond acceptors (Lipinski definition) is 7. The predicted octanol–water partition coefficient (Wildman–Crippen LogP) is 7.83. The van der Waals surface area contributed by atoms with Gasteiger partial charge < -0.3 is 5.32 Å². The highest BCUT2D eigenvalue weighted by atomic mass is 32.2. The minimum atomic E-state index is -2.68. The van der Waals surface area contributed by atoms with Crippen LogP contribution < -0.4 is 5.32 Å². The zero-order chi connectivity index (χ0) is 32.1. The van der Waals surface area contributed by atoms with Gasteiger partial charge in [-0.15, -0.1) is 11.3 Å². The molecule has 0 bridgehead atoms. The van der Waals surface area contributed by atoms with Crippen LogP contribution in [0, 0.1) is 24.4 Å². The third kappa shape index (κ3) is 4.50. The zero-order valence-electron chi connectivity index (χ0n) is 25.6. The largest absolute Gasteiger partial charge is 0.307 e. The van der Waals surface area contributed by atoms with Gasteiger partial charge in [0.25, 0.3) is 0 Å². The van der Waals surface area contributed by atoms with E-state index in [1.807, 2.05) is 56.8 Å². The van der Waals surface area contributed by atoms with E-state index in [0.29, 0.717) is 40.6 Å². The second kappa shape index (κ2) is 10.5. The second-order valence-electron chi connectivity index (χ2n) is 12.2. The average Bonchev–Trinajstić information content (AvgIpc) is 3.70. The molecule has 6 heterocycles. The van der Waals surface area contributed by atoms with E-state index in [2.05, 4.69) is 14.8 Å². The first-order valence-electron chi connectivity index (χ1n) is 15.1. The number of nitrogens with one attached hydrogen (secondary N) is 1. The Morgan fingerprint density at radius 3 is 2.57 bits per heavy atom. The van der Waals surface area contributed by atoms with Crippen LogP contribution in [0.1, 0.15) is 43.7 Å². The van der Waals surface area contributed by atoms with Crippen LogP contribution in [0.3, 0.4) is 0 Å². The van der Waals surface area contributed by atoms with Gasteiger partial charge in [0.2, 0.25) is 0 Å². The lowest BCUT2D eigenvalue weighted by Crippen LogP contribution is -2.34. The lowest BCUT2D eigenvalue weighted by atomic mass is 9.94. The van der Waals surface area contributed by atoms with Gasteiger partial charge in [-0.3, -0.25) is 9.36 Å². The van der Waals surface area contributed by atoms with Crippen molar-refractivity contribution in [1.29, 1.82) is 0 Å². The number of aromatic nitrogens is 5. The lowest BCUT2D eigenvalue weighted by Gasteiger charge is -2.27. The van der Waals surface area contributed by atoms with Crippen LogP contribution in [0.4, 0.5) is 18.9 Å². The summed E-state index contributed by atoms with van der Waals surface area (Å²) >= 11 is 1.16. The predicted molar refractivity (Wildman–Crippen MR) is 176 cm³/mol. The van der Waals surface area contributed by atoms with Crippen molar-refractivity contribution in [3.8, 4) is 33.8 Å². The Hall–Kier alpha value is -4.07. The molecule has 2 aromatic carbocycles. The van der Waals surface area contributed by atoms with E-state index in [9.17, 15) is 8.60 Å². The van der Waals surface area contributed by atoms with Crippen LogP contribution in [-0.2, 0) is 16.8 Å². The first-order valence-corrected chi connectivity index (χ1v) is 17.8. The molecule has 8 nitrogen and oxygen atoms in total. The number of fused-ring (bicyclic) bond motifs is 3. The smallest absolute Gasteiger partial charge is 0.142 e. The van der Waals surface area contributed by atoms with Gasteiger partial charge >= 0.3 is 0 Å². The average molecular weight is 662 g/mol. The Bertz CT molecular complexity index is 2330. The molecule has 0 spiro atoms. The molecule has 0 radical (unpaired) electrons. The summed E-state index contributed by atoms with van der Waals surface area (Å²) in [4.78, 5) is 5.15. The summed E-state index contributed by atoms with van der Waals surface area (Å²) in [5.41, 5.74) is 4.39. The number of halogens is 3. The summed E-state index contributed by atoms with van der Waals surface area (Å²) in [6, 6.07) is 9.56. The Balaban J connectivity index is 1.50. The SMILES string of the molecule is Cc1nn(C)c2cc(-c3nc(-c4cc5n(n4)[C@@H](C)CN[C@@H]5C)c(-c4c(F)cc(F)cc4N=S4(=O)CCC4)c4c(F)csc34)ccc12. The van der Waals surface area contributed by atoms with Crippen LogP contribution in [-0.4, -0.2) is 46.8 Å². The highest BCUT2D eigenvalue weighted by Gasteiger charge is 2.31. The maximum absolute atomic E-state index is 16.2. The van der Waals surface area contributed by atoms with Gasteiger partial charge in [0.05, 0.1) is 48.8 Å². The maximum Gasteiger partial charge on any atom is 0.142 e. The molecular weight excluding hydrogens is 632 g/mol. The Kier molecular flexibility index (Phi) is 6.68. The molecule has 236 valence electrons. The fraction of sp³-hybridized carbons (Fsp3) is 0.303. The lowest BCUT2D eigenvalue weighted by molar-refractivity contribution is 0.354. The molecule has 0 unspecified atom stereocenters. The van der Waals surface area contributed by atoms with Crippen molar-refractivity contribution in [2.24, 2.45) is 11.4 Å². The minimum absolute atomic E-state index is 0.0203. The van der Waals surface area contributed by atoms with Crippen molar-refractivity contribution < 1.29 is 17.4 Å². The highest BCUT2D eigenvalue weighted by molar-refractivity contribution is 7.95. The van der Waals surface area contributed by atoms with Crippen molar-refractivity contribution in [2.45, 2.75) is 39.3 Å². The summed E-state index contributed by atoms with van der Waals surface area (Å²) in [5.74, 6) is -1.70. The van der Waals surface area contributed by atoms with Gasteiger partial charge in [-0.1, -0.05) is 12.1 Å². The molecule has 4 aromatic heterocycles. The molecule has 2 atom stereocenters. The van der Waals surface area contributed by atoms with Gasteiger partial charge in [0, 0.05) is 76.1 Å². The highest BCUT2D eigenvalue weighted by Crippen LogP contribution is 2.48. The van der Waals surface area contributed by atoms with E-state index in [4.69, 9.17) is 10.1 Å². The van der Waals surface area contributed by atoms with E-state index >= 15 is 8.78 Å². The normalized spacial score (nSPS) is 19.0. The topological polar surface area (TPSA) is 90.0 Å². The van der Waals surface area contributed by atoms with Crippen LogP contribution >= 0.6 is 11.3 Å². The molecule has 13 heteroatoms. The third-order valence-corrected chi connectivity index (χ3v) is 12.4. The fourth-order valence-electron chi connectivity index (χ4n) is 6.57. The van der Waals surface area contributed by atoms with Crippen LogP contribution in [0.25, 0.3) is 54.8 Å². The number of thiophene rings is 1. The Morgan fingerprint density at radius 1 is 1.02 bits per heavy atom. The van der Waals surface area contributed by atoms with Gasteiger partial charge in [0.15, 0.2) is 0 Å². The van der Waals surface area contributed by atoms with Crippen molar-refractivity contribution in [3.63, 3.8) is 0 Å². The molecule has 2 aliphatic rings.